The fourth-order valence-corrected chi connectivity index (χ4v) is 3.99. The Hall–Kier alpha value is -1.63. The van der Waals surface area contributed by atoms with Crippen molar-refractivity contribution >= 4 is 11.1 Å². The van der Waals surface area contributed by atoms with Crippen molar-refractivity contribution in [1.29, 1.82) is 0 Å². The van der Waals surface area contributed by atoms with Crippen molar-refractivity contribution in [3.8, 4) is 0 Å². The van der Waals surface area contributed by atoms with Crippen molar-refractivity contribution in [3.63, 3.8) is 0 Å². The highest BCUT2D eigenvalue weighted by Gasteiger charge is 2.27. The van der Waals surface area contributed by atoms with Crippen LogP contribution in [0.3, 0.4) is 0 Å². The summed E-state index contributed by atoms with van der Waals surface area (Å²) in [5.41, 5.74) is 2.72. The van der Waals surface area contributed by atoms with Crippen LogP contribution in [0, 0.1) is 5.92 Å². The number of ether oxygens (including phenoxy) is 2. The molecule has 0 aliphatic carbocycles. The predicted octanol–water partition coefficient (Wildman–Crippen LogP) is 2.15. The van der Waals surface area contributed by atoms with E-state index in [1.54, 1.807) is 11.6 Å². The third kappa shape index (κ3) is 3.66. The van der Waals surface area contributed by atoms with Gasteiger partial charge in [-0.15, -0.1) is 0 Å². The number of aromatic nitrogens is 1. The van der Waals surface area contributed by atoms with Gasteiger partial charge in [0.05, 0.1) is 18.7 Å². The molecule has 0 amide bonds. The third-order valence-electron chi connectivity index (χ3n) is 5.54. The molecule has 1 unspecified atom stereocenters. The first kappa shape index (κ1) is 16.8. The second-order valence-electron chi connectivity index (χ2n) is 7.22. The molecule has 2 fully saturated rings. The van der Waals surface area contributed by atoms with Crippen molar-refractivity contribution < 1.29 is 13.9 Å². The van der Waals surface area contributed by atoms with E-state index in [1.807, 2.05) is 6.07 Å². The molecule has 1 aromatic carbocycles. The van der Waals surface area contributed by atoms with Crippen molar-refractivity contribution in [2.45, 2.75) is 31.8 Å². The van der Waals surface area contributed by atoms with Gasteiger partial charge in [-0.25, -0.2) is 4.79 Å². The van der Waals surface area contributed by atoms with Crippen LogP contribution >= 0.6 is 0 Å². The molecular weight excluding hydrogens is 320 g/mol. The van der Waals surface area contributed by atoms with Crippen LogP contribution in [-0.4, -0.2) is 48.5 Å². The van der Waals surface area contributed by atoms with E-state index in [0.29, 0.717) is 11.6 Å². The first-order chi connectivity index (χ1) is 12.2. The fraction of sp³-hybridized carbons (Fsp3) is 0.632. The fourth-order valence-electron chi connectivity index (χ4n) is 3.99. The number of morpholine rings is 1. The minimum absolute atomic E-state index is 0.309. The molecule has 0 N–H and O–H groups in total. The maximum absolute atomic E-state index is 11.7. The lowest BCUT2D eigenvalue weighted by atomic mass is 9.91. The van der Waals surface area contributed by atoms with Crippen molar-refractivity contribution in [2.24, 2.45) is 13.0 Å². The quantitative estimate of drug-likeness (QED) is 0.849. The van der Waals surface area contributed by atoms with Crippen LogP contribution in [0.15, 0.2) is 27.4 Å². The summed E-state index contributed by atoms with van der Waals surface area (Å²) >= 11 is 0. The van der Waals surface area contributed by atoms with Gasteiger partial charge in [0.1, 0.15) is 0 Å². The predicted molar refractivity (Wildman–Crippen MR) is 94.6 cm³/mol. The Bertz CT molecular complexity index is 775. The number of aryl methyl sites for hydroxylation is 1. The van der Waals surface area contributed by atoms with Gasteiger partial charge in [0.25, 0.3) is 0 Å². The highest BCUT2D eigenvalue weighted by atomic mass is 16.5. The Morgan fingerprint density at radius 3 is 2.84 bits per heavy atom. The first-order valence-electron chi connectivity index (χ1n) is 9.18. The number of hydrogen-bond donors (Lipinski definition) is 0. The van der Waals surface area contributed by atoms with Gasteiger partial charge < -0.3 is 13.9 Å². The van der Waals surface area contributed by atoms with Crippen LogP contribution in [0.25, 0.3) is 11.1 Å². The topological polar surface area (TPSA) is 56.8 Å². The van der Waals surface area contributed by atoms with E-state index in [2.05, 4.69) is 17.0 Å². The molecular formula is C19H26N2O4. The first-order valence-corrected chi connectivity index (χ1v) is 9.18. The van der Waals surface area contributed by atoms with E-state index >= 15 is 0 Å². The van der Waals surface area contributed by atoms with E-state index in [9.17, 15) is 4.79 Å². The summed E-state index contributed by atoms with van der Waals surface area (Å²) in [5, 5.41) is 0. The molecule has 0 saturated carbocycles. The SMILES string of the molecule is Cn1c(=O)oc2ccc(CN3CCOCC3CC3CCOCC3)cc21. The Morgan fingerprint density at radius 2 is 2.00 bits per heavy atom. The van der Waals surface area contributed by atoms with E-state index in [4.69, 9.17) is 13.9 Å². The van der Waals surface area contributed by atoms with Crippen LogP contribution in [0.4, 0.5) is 0 Å². The number of nitrogens with zero attached hydrogens (tertiary/aromatic N) is 2. The Balaban J connectivity index is 1.49. The standard InChI is InChI=1S/C19H26N2O4/c1-20-17-11-15(2-3-18(17)25-19(20)22)12-21-6-9-24-13-16(21)10-14-4-7-23-8-5-14/h2-3,11,14,16H,4-10,12-13H2,1H3. The van der Waals surface area contributed by atoms with Gasteiger partial charge in [0.15, 0.2) is 5.58 Å². The number of hydrogen-bond acceptors (Lipinski definition) is 5. The van der Waals surface area contributed by atoms with Gasteiger partial charge in [-0.2, -0.15) is 0 Å². The van der Waals surface area contributed by atoms with E-state index in [0.717, 1.165) is 63.8 Å². The molecule has 0 bridgehead atoms. The zero-order chi connectivity index (χ0) is 17.2. The van der Waals surface area contributed by atoms with E-state index < -0.39 is 0 Å². The number of benzene rings is 1. The molecule has 3 heterocycles. The summed E-state index contributed by atoms with van der Waals surface area (Å²) < 4.78 is 18.0. The zero-order valence-electron chi connectivity index (χ0n) is 14.8. The highest BCUT2D eigenvalue weighted by Crippen LogP contribution is 2.25. The monoisotopic (exact) mass is 346 g/mol. The van der Waals surface area contributed by atoms with Gasteiger partial charge in [-0.3, -0.25) is 9.47 Å². The minimum Gasteiger partial charge on any atom is -0.408 e. The Labute approximate surface area is 147 Å². The van der Waals surface area contributed by atoms with Crippen LogP contribution in [-0.2, 0) is 23.1 Å². The normalized spacial score (nSPS) is 23.3. The zero-order valence-corrected chi connectivity index (χ0v) is 14.8. The van der Waals surface area contributed by atoms with Crippen molar-refractivity contribution in [2.75, 3.05) is 33.0 Å². The van der Waals surface area contributed by atoms with Gasteiger partial charge in [0.2, 0.25) is 0 Å². The van der Waals surface area contributed by atoms with Crippen LogP contribution < -0.4 is 5.76 Å². The van der Waals surface area contributed by atoms with E-state index in [1.165, 1.54) is 12.0 Å². The van der Waals surface area contributed by atoms with Gasteiger partial charge in [-0.05, 0) is 42.9 Å². The molecule has 4 rings (SSSR count). The molecule has 2 aliphatic heterocycles. The maximum Gasteiger partial charge on any atom is 0.419 e. The smallest absolute Gasteiger partial charge is 0.408 e. The molecule has 2 aromatic rings. The lowest BCUT2D eigenvalue weighted by Gasteiger charge is -2.38. The Morgan fingerprint density at radius 1 is 1.16 bits per heavy atom. The molecule has 25 heavy (non-hydrogen) atoms. The Kier molecular flexibility index (Phi) is 4.92. The van der Waals surface area contributed by atoms with Crippen molar-refractivity contribution in [3.05, 3.63) is 34.3 Å². The summed E-state index contributed by atoms with van der Waals surface area (Å²) in [6, 6.07) is 6.49. The van der Waals surface area contributed by atoms with Gasteiger partial charge in [-0.1, -0.05) is 6.07 Å². The second-order valence-corrected chi connectivity index (χ2v) is 7.22. The van der Waals surface area contributed by atoms with Gasteiger partial charge in [0, 0.05) is 39.4 Å². The summed E-state index contributed by atoms with van der Waals surface area (Å²) in [6.07, 6.45) is 3.50. The molecule has 0 radical (unpaired) electrons. The number of oxazole rings is 1. The van der Waals surface area contributed by atoms with E-state index in [-0.39, 0.29) is 5.76 Å². The number of fused-ring (bicyclic) bond motifs is 1. The summed E-state index contributed by atoms with van der Waals surface area (Å²) in [7, 11) is 1.75. The summed E-state index contributed by atoms with van der Waals surface area (Å²) in [4.78, 5) is 14.2. The average Bonchev–Trinajstić information content (AvgIpc) is 2.92. The molecule has 0 spiro atoms. The molecule has 1 aromatic heterocycles. The molecule has 1 atom stereocenters. The minimum atomic E-state index is -0.309. The molecule has 2 aliphatic rings. The largest absolute Gasteiger partial charge is 0.419 e. The third-order valence-corrected chi connectivity index (χ3v) is 5.54. The summed E-state index contributed by atoms with van der Waals surface area (Å²) in [5.74, 6) is 0.427. The molecule has 2 saturated heterocycles. The molecule has 136 valence electrons. The molecule has 6 heteroatoms. The molecule has 6 nitrogen and oxygen atoms in total. The van der Waals surface area contributed by atoms with Gasteiger partial charge >= 0.3 is 5.76 Å². The number of rotatable bonds is 4. The van der Waals surface area contributed by atoms with Crippen LogP contribution in [0.1, 0.15) is 24.8 Å². The highest BCUT2D eigenvalue weighted by molar-refractivity contribution is 5.73. The average molecular weight is 346 g/mol. The second kappa shape index (κ2) is 7.32. The van der Waals surface area contributed by atoms with Crippen LogP contribution in [0.2, 0.25) is 0 Å². The lowest BCUT2D eigenvalue weighted by Crippen LogP contribution is -2.46. The summed E-state index contributed by atoms with van der Waals surface area (Å²) in [6.45, 7) is 5.22. The lowest BCUT2D eigenvalue weighted by molar-refractivity contribution is -0.0290. The van der Waals surface area contributed by atoms with Crippen molar-refractivity contribution in [1.82, 2.24) is 9.47 Å². The maximum atomic E-state index is 11.7. The van der Waals surface area contributed by atoms with Crippen LogP contribution in [0.5, 0.6) is 0 Å².